The van der Waals surface area contributed by atoms with Gasteiger partial charge >= 0.3 is 6.36 Å². The number of halogens is 3. The maximum Gasteiger partial charge on any atom is 0.573 e. The van der Waals surface area contributed by atoms with E-state index in [1.807, 2.05) is 0 Å². The molecule has 0 aliphatic heterocycles. The first-order valence-corrected chi connectivity index (χ1v) is 6.83. The number of hydrogen-bond acceptors (Lipinski definition) is 5. The molecule has 0 aliphatic carbocycles. The Balaban J connectivity index is 1.80. The molecule has 9 heteroatoms. The molecular weight excluding hydrogens is 325 g/mol. The largest absolute Gasteiger partial charge is 0.573 e. The Hall–Kier alpha value is -3.10. The van der Waals surface area contributed by atoms with Crippen LogP contribution < -0.4 is 10.1 Å². The Morgan fingerprint density at radius 2 is 2.04 bits per heavy atom. The molecule has 2 aromatic heterocycles. The Morgan fingerprint density at radius 3 is 2.79 bits per heavy atom. The van der Waals surface area contributed by atoms with E-state index in [0.29, 0.717) is 28.9 Å². The van der Waals surface area contributed by atoms with Gasteiger partial charge in [0.25, 0.3) is 0 Å². The zero-order valence-electron chi connectivity index (χ0n) is 12.1. The normalized spacial score (nSPS) is 11.5. The minimum atomic E-state index is -4.76. The molecule has 0 unspecified atom stereocenters. The van der Waals surface area contributed by atoms with E-state index in [4.69, 9.17) is 0 Å². The molecule has 124 valence electrons. The second kappa shape index (κ2) is 6.19. The minimum Gasteiger partial charge on any atom is -0.405 e. The van der Waals surface area contributed by atoms with Crippen LogP contribution in [0.25, 0.3) is 5.65 Å². The van der Waals surface area contributed by atoms with E-state index >= 15 is 0 Å². The Bertz CT molecular complexity index is 877. The van der Waals surface area contributed by atoms with E-state index in [9.17, 15) is 18.0 Å². The number of carbonyl (C=O) groups excluding carboxylic acids is 1. The van der Waals surface area contributed by atoms with Crippen molar-refractivity contribution in [3.8, 4) is 5.75 Å². The van der Waals surface area contributed by atoms with Gasteiger partial charge in [-0.1, -0.05) is 18.2 Å². The lowest BCUT2D eigenvalue weighted by molar-refractivity contribution is -0.274. The SMILES string of the molecule is O=Cc1cnn2ccc(NCc3ccccc3OC(F)(F)F)nc12. The van der Waals surface area contributed by atoms with Gasteiger partial charge in [0.15, 0.2) is 11.9 Å². The van der Waals surface area contributed by atoms with Gasteiger partial charge in [-0.3, -0.25) is 4.79 Å². The van der Waals surface area contributed by atoms with E-state index in [2.05, 4.69) is 20.1 Å². The van der Waals surface area contributed by atoms with Crippen LogP contribution in [0.5, 0.6) is 5.75 Å². The third kappa shape index (κ3) is 3.45. The molecule has 0 bridgehead atoms. The van der Waals surface area contributed by atoms with Crippen LogP contribution >= 0.6 is 0 Å². The molecule has 0 spiro atoms. The summed E-state index contributed by atoms with van der Waals surface area (Å²) in [5.41, 5.74) is 0.995. The number of para-hydroxylation sites is 1. The Labute approximate surface area is 133 Å². The summed E-state index contributed by atoms with van der Waals surface area (Å²) in [6.45, 7) is 0.0694. The predicted molar refractivity (Wildman–Crippen MR) is 78.8 cm³/mol. The molecule has 0 fully saturated rings. The number of anilines is 1. The number of hydrogen-bond donors (Lipinski definition) is 1. The molecule has 24 heavy (non-hydrogen) atoms. The second-order valence-electron chi connectivity index (χ2n) is 4.81. The number of aromatic nitrogens is 3. The third-order valence-corrected chi connectivity index (χ3v) is 3.18. The Morgan fingerprint density at radius 1 is 1.25 bits per heavy atom. The number of carbonyl (C=O) groups is 1. The van der Waals surface area contributed by atoms with Crippen molar-refractivity contribution >= 4 is 17.8 Å². The molecule has 1 aromatic carbocycles. The molecule has 2 heterocycles. The molecule has 3 rings (SSSR count). The third-order valence-electron chi connectivity index (χ3n) is 3.18. The summed E-state index contributed by atoms with van der Waals surface area (Å²) in [7, 11) is 0. The molecule has 1 N–H and O–H groups in total. The zero-order valence-corrected chi connectivity index (χ0v) is 12.1. The number of alkyl halides is 3. The lowest BCUT2D eigenvalue weighted by Crippen LogP contribution is -2.18. The molecule has 0 amide bonds. The van der Waals surface area contributed by atoms with Crippen LogP contribution in [0.2, 0.25) is 0 Å². The fourth-order valence-corrected chi connectivity index (χ4v) is 2.13. The topological polar surface area (TPSA) is 68.5 Å². The van der Waals surface area contributed by atoms with E-state index in [0.717, 1.165) is 0 Å². The summed E-state index contributed by atoms with van der Waals surface area (Å²) in [5.74, 6) is 0.115. The van der Waals surface area contributed by atoms with Crippen molar-refractivity contribution < 1.29 is 22.7 Å². The number of nitrogens with zero attached hydrogens (tertiary/aromatic N) is 3. The standard InChI is InChI=1S/C15H11F3N4O2/c16-15(17,18)24-12-4-2-1-3-10(12)7-19-13-5-6-22-14(21-13)11(9-23)8-20-22/h1-6,8-9H,7H2,(H,19,21). The summed E-state index contributed by atoms with van der Waals surface area (Å²) in [6.07, 6.45) is -1.16. The average molecular weight is 336 g/mol. The molecule has 0 saturated carbocycles. The molecule has 0 saturated heterocycles. The number of fused-ring (bicyclic) bond motifs is 1. The van der Waals surface area contributed by atoms with Crippen LogP contribution in [0, 0.1) is 0 Å². The maximum atomic E-state index is 12.4. The van der Waals surface area contributed by atoms with E-state index in [1.54, 1.807) is 18.3 Å². The van der Waals surface area contributed by atoms with Crippen LogP contribution in [0.3, 0.4) is 0 Å². The van der Waals surface area contributed by atoms with Gasteiger partial charge in [0.2, 0.25) is 0 Å². The summed E-state index contributed by atoms with van der Waals surface area (Å²) >= 11 is 0. The Kier molecular flexibility index (Phi) is 4.07. The second-order valence-corrected chi connectivity index (χ2v) is 4.81. The van der Waals surface area contributed by atoms with Crippen LogP contribution in [0.4, 0.5) is 19.0 Å². The van der Waals surface area contributed by atoms with Gasteiger partial charge in [-0.25, -0.2) is 9.50 Å². The van der Waals surface area contributed by atoms with Crippen molar-refractivity contribution in [3.63, 3.8) is 0 Å². The summed E-state index contributed by atoms with van der Waals surface area (Å²) < 4.78 is 42.6. The number of ether oxygens (including phenoxy) is 1. The highest BCUT2D eigenvalue weighted by Gasteiger charge is 2.31. The zero-order chi connectivity index (χ0) is 17.2. The number of aldehydes is 1. The van der Waals surface area contributed by atoms with Crippen molar-refractivity contribution in [1.29, 1.82) is 0 Å². The smallest absolute Gasteiger partial charge is 0.405 e. The van der Waals surface area contributed by atoms with Crippen molar-refractivity contribution in [1.82, 2.24) is 14.6 Å². The van der Waals surface area contributed by atoms with Gasteiger partial charge in [0.05, 0.1) is 11.8 Å². The monoisotopic (exact) mass is 336 g/mol. The first-order chi connectivity index (χ1) is 11.5. The summed E-state index contributed by atoms with van der Waals surface area (Å²) in [6, 6.07) is 7.42. The molecule has 3 aromatic rings. The fourth-order valence-electron chi connectivity index (χ4n) is 2.13. The van der Waals surface area contributed by atoms with Gasteiger partial charge in [-0.05, 0) is 12.1 Å². The quantitative estimate of drug-likeness (QED) is 0.725. The van der Waals surface area contributed by atoms with Crippen LogP contribution in [0.1, 0.15) is 15.9 Å². The van der Waals surface area contributed by atoms with Crippen LogP contribution in [-0.4, -0.2) is 27.2 Å². The average Bonchev–Trinajstić information content (AvgIpc) is 2.95. The van der Waals surface area contributed by atoms with Crippen molar-refractivity contribution in [3.05, 3.63) is 53.9 Å². The molecule has 6 nitrogen and oxygen atoms in total. The molecule has 0 radical (unpaired) electrons. The van der Waals surface area contributed by atoms with Gasteiger partial charge in [-0.2, -0.15) is 5.10 Å². The first-order valence-electron chi connectivity index (χ1n) is 6.83. The minimum absolute atomic E-state index is 0.0694. The van der Waals surface area contributed by atoms with E-state index in [-0.39, 0.29) is 12.3 Å². The van der Waals surface area contributed by atoms with Crippen molar-refractivity contribution in [2.75, 3.05) is 5.32 Å². The first kappa shape index (κ1) is 15.8. The maximum absolute atomic E-state index is 12.4. The number of nitrogens with one attached hydrogen (secondary N) is 1. The summed E-state index contributed by atoms with van der Waals surface area (Å²) in [5, 5.41) is 6.86. The van der Waals surface area contributed by atoms with Crippen LogP contribution in [0.15, 0.2) is 42.7 Å². The highest BCUT2D eigenvalue weighted by Crippen LogP contribution is 2.26. The van der Waals surface area contributed by atoms with Gasteiger partial charge in [-0.15, -0.1) is 13.2 Å². The van der Waals surface area contributed by atoms with Gasteiger partial charge < -0.3 is 10.1 Å². The molecule has 0 aliphatic rings. The number of benzene rings is 1. The van der Waals surface area contributed by atoms with Crippen LogP contribution in [-0.2, 0) is 6.54 Å². The fraction of sp³-hybridized carbons (Fsp3) is 0.133. The highest BCUT2D eigenvalue weighted by atomic mass is 19.4. The summed E-state index contributed by atoms with van der Waals surface area (Å²) in [4.78, 5) is 15.1. The lowest BCUT2D eigenvalue weighted by Gasteiger charge is -2.13. The van der Waals surface area contributed by atoms with E-state index < -0.39 is 6.36 Å². The highest BCUT2D eigenvalue weighted by molar-refractivity contribution is 5.83. The molecular formula is C15H11F3N4O2. The number of rotatable bonds is 5. The molecule has 0 atom stereocenters. The van der Waals surface area contributed by atoms with Gasteiger partial charge in [0, 0.05) is 18.3 Å². The van der Waals surface area contributed by atoms with Gasteiger partial charge in [0.1, 0.15) is 11.6 Å². The lowest BCUT2D eigenvalue weighted by atomic mass is 10.2. The van der Waals surface area contributed by atoms with E-state index in [1.165, 1.54) is 28.9 Å². The predicted octanol–water partition coefficient (Wildman–Crippen LogP) is 3.05. The van der Waals surface area contributed by atoms with Crippen molar-refractivity contribution in [2.45, 2.75) is 12.9 Å². The van der Waals surface area contributed by atoms with Crippen molar-refractivity contribution in [2.24, 2.45) is 0 Å².